The van der Waals surface area contributed by atoms with Gasteiger partial charge in [0.15, 0.2) is 0 Å². The second-order valence-corrected chi connectivity index (χ2v) is 29.5. The maximum absolute atomic E-state index is 14.4. The molecule has 0 aromatic heterocycles. The molecule has 1 heterocycles. The van der Waals surface area contributed by atoms with E-state index in [1.807, 2.05) is 11.8 Å². The molecule has 22 heavy (non-hydrogen) atoms. The van der Waals surface area contributed by atoms with Gasteiger partial charge >= 0.3 is 133 Å². The zero-order valence-electron chi connectivity index (χ0n) is 13.0. The van der Waals surface area contributed by atoms with Crippen LogP contribution in [0.4, 0.5) is 4.39 Å². The van der Waals surface area contributed by atoms with Crippen molar-refractivity contribution in [3.8, 4) is 0 Å². The molecule has 0 radical (unpaired) electrons. The first-order valence-electron chi connectivity index (χ1n) is 7.77. The summed E-state index contributed by atoms with van der Waals surface area (Å²) in [7, 11) is 1.25. The quantitative estimate of drug-likeness (QED) is 0.517. The summed E-state index contributed by atoms with van der Waals surface area (Å²) >= 11 is -0.593. The van der Waals surface area contributed by atoms with E-state index in [1.54, 1.807) is 6.08 Å². The summed E-state index contributed by atoms with van der Waals surface area (Å²) in [5, 5.41) is 2.23. The van der Waals surface area contributed by atoms with E-state index in [0.717, 1.165) is 10.0 Å². The molecular formula is C16H25Cl2FSSiZr. The van der Waals surface area contributed by atoms with Crippen LogP contribution < -0.4 is 0 Å². The van der Waals surface area contributed by atoms with Gasteiger partial charge in [0.2, 0.25) is 0 Å². The van der Waals surface area contributed by atoms with Gasteiger partial charge in [-0.05, 0) is 0 Å². The Hall–Kier alpha value is 0.920. The van der Waals surface area contributed by atoms with Gasteiger partial charge in [0.25, 0.3) is 0 Å². The minimum absolute atomic E-state index is 0. The normalized spacial score (nSPS) is 27.4. The van der Waals surface area contributed by atoms with Crippen LogP contribution in [0.15, 0.2) is 44.9 Å². The van der Waals surface area contributed by atoms with Crippen molar-refractivity contribution < 1.29 is 23.8 Å². The van der Waals surface area contributed by atoms with Crippen molar-refractivity contribution in [1.29, 1.82) is 0 Å². The summed E-state index contributed by atoms with van der Waals surface area (Å²) < 4.78 is 17.3. The van der Waals surface area contributed by atoms with Crippen LogP contribution in [0.5, 0.6) is 0 Å². The number of rotatable bonds is 3. The summed E-state index contributed by atoms with van der Waals surface area (Å²) in [6.07, 6.45) is 18.4. The molecule has 1 aliphatic heterocycles. The first-order valence-corrected chi connectivity index (χ1v) is 21.2. The van der Waals surface area contributed by atoms with E-state index in [1.165, 1.54) is 42.8 Å². The predicted molar refractivity (Wildman–Crippen MR) is 103 cm³/mol. The molecule has 2 unspecified atom stereocenters. The molecule has 0 aromatic rings. The molecule has 0 saturated heterocycles. The molecule has 2 atom stereocenters. The van der Waals surface area contributed by atoms with Crippen LogP contribution in [0.3, 0.4) is 0 Å². The molecule has 0 nitrogen and oxygen atoms in total. The first-order chi connectivity index (χ1) is 9.73. The van der Waals surface area contributed by atoms with Crippen molar-refractivity contribution in [1.82, 2.24) is 0 Å². The summed E-state index contributed by atoms with van der Waals surface area (Å²) in [5.41, 5.74) is 0. The maximum atomic E-state index is 14.4. The molecule has 2 aliphatic carbocycles. The summed E-state index contributed by atoms with van der Waals surface area (Å²) in [6, 6.07) is 0. The number of thioether (sulfide) groups is 1. The van der Waals surface area contributed by atoms with Crippen molar-refractivity contribution >= 4 is 43.9 Å². The average Bonchev–Trinajstić information content (AvgIpc) is 2.95. The second-order valence-electron chi connectivity index (χ2n) is 6.32. The van der Waals surface area contributed by atoms with Crippen molar-refractivity contribution in [2.75, 3.05) is 0 Å². The topological polar surface area (TPSA) is 0 Å². The van der Waals surface area contributed by atoms with E-state index < -0.39 is 19.4 Å². The fraction of sp³-hybridized carbons (Fsp3) is 0.500. The first kappa shape index (κ1) is 21.0. The van der Waals surface area contributed by atoms with Gasteiger partial charge in [-0.25, -0.2) is 0 Å². The van der Waals surface area contributed by atoms with Crippen LogP contribution >= 0.6 is 36.6 Å². The van der Waals surface area contributed by atoms with E-state index in [0.29, 0.717) is 2.96 Å². The standard InChI is InChI=1S/C6H11.C5H4F.C5H5S.2ClH.H3Si.Zr/c1-2-4-6-5-3-1;6-5-3-1-2-4-5;1-2-4-6-5-3-1;;;;/h1H,2-6H2;1,3H,2H2;1-5H;2*1H;1H3;. The molecule has 0 amide bonds. The van der Waals surface area contributed by atoms with Gasteiger partial charge in [-0.2, -0.15) is 0 Å². The predicted octanol–water partition coefficient (Wildman–Crippen LogP) is 5.30. The molecule has 1 fully saturated rings. The molecule has 124 valence electrons. The van der Waals surface area contributed by atoms with Crippen molar-refractivity contribution in [2.45, 2.75) is 45.1 Å². The van der Waals surface area contributed by atoms with Crippen LogP contribution in [0.25, 0.3) is 0 Å². The zero-order valence-corrected chi connectivity index (χ0v) is 19.9. The molecule has 1 saturated carbocycles. The van der Waals surface area contributed by atoms with E-state index in [9.17, 15) is 4.39 Å². The number of hydrogen-bond donors (Lipinski definition) is 0. The van der Waals surface area contributed by atoms with Gasteiger partial charge in [-0.1, -0.05) is 0 Å². The van der Waals surface area contributed by atoms with E-state index in [4.69, 9.17) is 0 Å². The molecule has 0 N–H and O–H groups in total. The molecule has 3 aliphatic rings. The molecule has 3 rings (SSSR count). The van der Waals surface area contributed by atoms with Crippen LogP contribution in [0.1, 0.15) is 38.5 Å². The Balaban J connectivity index is 0.00000121. The number of allylic oxidation sites excluding steroid dienone is 6. The van der Waals surface area contributed by atoms with Gasteiger partial charge in [-0.15, -0.1) is 24.8 Å². The average molecular weight is 459 g/mol. The van der Waals surface area contributed by atoms with Crippen molar-refractivity contribution in [2.24, 2.45) is 0 Å². The minimum atomic E-state index is -2.58. The molecule has 0 spiro atoms. The zero-order chi connectivity index (χ0) is 14.0. The molecule has 0 aromatic carbocycles. The molecular weight excluding hydrogens is 433 g/mol. The summed E-state index contributed by atoms with van der Waals surface area (Å²) in [6.45, 7) is 0. The summed E-state index contributed by atoms with van der Waals surface area (Å²) in [4.78, 5) is 0. The Morgan fingerprint density at radius 2 is 1.86 bits per heavy atom. The van der Waals surface area contributed by atoms with Crippen LogP contribution in [-0.2, 0) is 19.4 Å². The third-order valence-corrected chi connectivity index (χ3v) is 37.7. The van der Waals surface area contributed by atoms with Crippen LogP contribution in [0.2, 0.25) is 3.63 Å². The monoisotopic (exact) mass is 456 g/mol. The number of hydrogen-bond acceptors (Lipinski definition) is 1. The fourth-order valence-electron chi connectivity index (χ4n) is 4.04. The second kappa shape index (κ2) is 9.42. The SMILES string of the molecule is Cl.Cl.FC1=[C]([Zr]([SiH3])([CH]2CCCCC2)[CH]2C=CC=CS2)CC=C1. The van der Waals surface area contributed by atoms with Gasteiger partial charge in [0.1, 0.15) is 0 Å². The van der Waals surface area contributed by atoms with Crippen molar-refractivity contribution in [3.63, 3.8) is 0 Å². The Labute approximate surface area is 156 Å². The van der Waals surface area contributed by atoms with Gasteiger partial charge in [0.05, 0.1) is 0 Å². The number of halogens is 3. The Morgan fingerprint density at radius 3 is 2.41 bits per heavy atom. The van der Waals surface area contributed by atoms with Gasteiger partial charge in [0, 0.05) is 0 Å². The Kier molecular flexibility index (Phi) is 8.97. The third kappa shape index (κ3) is 4.11. The fourth-order valence-corrected chi connectivity index (χ4v) is 30.3. The van der Waals surface area contributed by atoms with E-state index in [-0.39, 0.29) is 30.6 Å². The van der Waals surface area contributed by atoms with Crippen molar-refractivity contribution in [3.05, 3.63) is 44.9 Å². The Morgan fingerprint density at radius 1 is 1.14 bits per heavy atom. The van der Waals surface area contributed by atoms with Crippen LogP contribution in [-0.4, -0.2) is 10.3 Å². The summed E-state index contributed by atoms with van der Waals surface area (Å²) in [5.74, 6) is 0.157. The van der Waals surface area contributed by atoms with Gasteiger partial charge in [-0.3, -0.25) is 0 Å². The van der Waals surface area contributed by atoms with E-state index in [2.05, 4.69) is 29.7 Å². The van der Waals surface area contributed by atoms with E-state index >= 15 is 0 Å². The molecule has 6 heteroatoms. The van der Waals surface area contributed by atoms with Crippen LogP contribution in [0, 0.1) is 0 Å². The third-order valence-electron chi connectivity index (χ3n) is 5.27. The molecule has 0 bridgehead atoms. The van der Waals surface area contributed by atoms with Gasteiger partial charge < -0.3 is 0 Å². The Bertz CT molecular complexity index is 500.